The first-order valence-electron chi connectivity index (χ1n) is 8.53. The highest BCUT2D eigenvalue weighted by Crippen LogP contribution is 2.35. The fourth-order valence-corrected chi connectivity index (χ4v) is 2.55. The van der Waals surface area contributed by atoms with Gasteiger partial charge in [0.25, 0.3) is 11.6 Å². The molecule has 3 rings (SSSR count). The molecule has 0 aromatic heterocycles. The fraction of sp³-hybridized carbons (Fsp3) is 0.150. The third kappa shape index (κ3) is 4.73. The highest BCUT2D eigenvalue weighted by molar-refractivity contribution is 5.83. The number of nitro groups is 1. The van der Waals surface area contributed by atoms with Crippen LogP contribution in [-0.2, 0) is 4.79 Å². The minimum atomic E-state index is -1.07. The molecule has 8 heteroatoms. The Morgan fingerprint density at radius 3 is 2.43 bits per heavy atom. The highest BCUT2D eigenvalue weighted by atomic mass is 16.6. The lowest BCUT2D eigenvalue weighted by Gasteiger charge is -2.16. The van der Waals surface area contributed by atoms with Crippen LogP contribution in [-0.4, -0.2) is 22.2 Å². The number of hydrogen-bond acceptors (Lipinski definition) is 6. The van der Waals surface area contributed by atoms with Crippen molar-refractivity contribution < 1.29 is 14.9 Å². The lowest BCUT2D eigenvalue weighted by atomic mass is 10.1. The van der Waals surface area contributed by atoms with Crippen molar-refractivity contribution in [3.05, 3.63) is 80.9 Å². The summed E-state index contributed by atoms with van der Waals surface area (Å²) in [5.74, 6) is 5.16. The van der Waals surface area contributed by atoms with Crippen LogP contribution in [0.5, 0.6) is 0 Å². The predicted octanol–water partition coefficient (Wildman–Crippen LogP) is 1.88. The smallest absolute Gasteiger partial charge is 0.280 e. The van der Waals surface area contributed by atoms with E-state index >= 15 is 0 Å². The standard InChI is InChI=1S/C20H18N4O4/c21-19(20(25)23-26)22-18(16-10-11-16)15-8-6-13(7-9-15)4-5-14-2-1-3-17(12-14)24(27)28/h1-3,6-9,12,19,22,26H,10-11,21H2,(H,23,25). The average Bonchev–Trinajstić information content (AvgIpc) is 3.55. The van der Waals surface area contributed by atoms with Crippen LogP contribution in [0.15, 0.2) is 54.1 Å². The van der Waals surface area contributed by atoms with E-state index in [1.54, 1.807) is 12.1 Å². The first-order valence-corrected chi connectivity index (χ1v) is 8.53. The average molecular weight is 378 g/mol. The normalized spacial score (nSPS) is 13.0. The maximum Gasteiger partial charge on any atom is 0.280 e. The molecule has 2 aromatic rings. The molecule has 1 aliphatic rings. The van der Waals surface area contributed by atoms with E-state index in [0.29, 0.717) is 5.56 Å². The maximum absolute atomic E-state index is 11.4. The Hall–Kier alpha value is -3.67. The second-order valence-electron chi connectivity index (χ2n) is 6.21. The molecule has 0 aliphatic heterocycles. The number of hydrogen-bond donors (Lipinski definition) is 4. The van der Waals surface area contributed by atoms with Crippen molar-refractivity contribution in [2.24, 2.45) is 5.73 Å². The van der Waals surface area contributed by atoms with E-state index in [0.717, 1.165) is 35.2 Å². The summed E-state index contributed by atoms with van der Waals surface area (Å²) in [7, 11) is 0. The molecule has 2 aromatic carbocycles. The number of allylic oxidation sites excluding steroid dienone is 1. The van der Waals surface area contributed by atoms with E-state index in [9.17, 15) is 14.9 Å². The Labute approximate surface area is 161 Å². The zero-order valence-electron chi connectivity index (χ0n) is 14.8. The lowest BCUT2D eigenvalue weighted by molar-refractivity contribution is -0.384. The van der Waals surface area contributed by atoms with Crippen LogP contribution in [0.4, 0.5) is 5.69 Å². The lowest BCUT2D eigenvalue weighted by Crippen LogP contribution is -2.48. The van der Waals surface area contributed by atoms with Gasteiger partial charge in [-0.2, -0.15) is 0 Å². The number of amides is 1. The van der Waals surface area contributed by atoms with Crippen molar-refractivity contribution in [1.82, 2.24) is 10.8 Å². The third-order valence-corrected chi connectivity index (χ3v) is 4.13. The van der Waals surface area contributed by atoms with E-state index in [4.69, 9.17) is 10.9 Å². The molecule has 8 nitrogen and oxygen atoms in total. The van der Waals surface area contributed by atoms with Gasteiger partial charge in [-0.1, -0.05) is 30.0 Å². The van der Waals surface area contributed by atoms with Crippen molar-refractivity contribution in [2.75, 3.05) is 0 Å². The van der Waals surface area contributed by atoms with Gasteiger partial charge in [0.2, 0.25) is 0 Å². The number of rotatable bonds is 5. The number of carbonyl (C=O) groups is 1. The molecule has 0 spiro atoms. The molecule has 0 radical (unpaired) electrons. The number of nitro benzene ring substituents is 1. The molecule has 0 heterocycles. The Kier molecular flexibility index (Phi) is 5.69. The van der Waals surface area contributed by atoms with E-state index in [-0.39, 0.29) is 5.69 Å². The molecule has 0 saturated heterocycles. The van der Waals surface area contributed by atoms with Crippen LogP contribution >= 0.6 is 0 Å². The summed E-state index contributed by atoms with van der Waals surface area (Å²) >= 11 is 0. The van der Waals surface area contributed by atoms with Gasteiger partial charge in [0.15, 0.2) is 6.17 Å². The zero-order chi connectivity index (χ0) is 20.1. The molecule has 1 saturated carbocycles. The van der Waals surface area contributed by atoms with Crippen LogP contribution in [0.3, 0.4) is 0 Å². The monoisotopic (exact) mass is 378 g/mol. The fourth-order valence-electron chi connectivity index (χ4n) is 2.55. The summed E-state index contributed by atoms with van der Waals surface area (Å²) in [6.45, 7) is 0. The Balaban J connectivity index is 1.77. The van der Waals surface area contributed by atoms with Gasteiger partial charge in [-0.05, 0) is 42.2 Å². The number of nitrogens with two attached hydrogens (primary N) is 1. The number of nitrogens with zero attached hydrogens (tertiary/aromatic N) is 1. The first kappa shape index (κ1) is 19.1. The van der Waals surface area contributed by atoms with Gasteiger partial charge < -0.3 is 11.1 Å². The number of benzene rings is 2. The third-order valence-electron chi connectivity index (χ3n) is 4.13. The quantitative estimate of drug-likeness (QED) is 0.207. The molecule has 0 bridgehead atoms. The first-order chi connectivity index (χ1) is 13.5. The second kappa shape index (κ2) is 8.35. The summed E-state index contributed by atoms with van der Waals surface area (Å²) in [5.41, 5.74) is 11.3. The largest absolute Gasteiger partial charge is 0.362 e. The van der Waals surface area contributed by atoms with Crippen LogP contribution in [0.2, 0.25) is 0 Å². The maximum atomic E-state index is 11.4. The van der Waals surface area contributed by atoms with Gasteiger partial charge in [0.05, 0.1) is 4.92 Å². The van der Waals surface area contributed by atoms with Gasteiger partial charge in [-0.25, -0.2) is 5.48 Å². The van der Waals surface area contributed by atoms with Crippen molar-refractivity contribution in [1.29, 1.82) is 0 Å². The molecular weight excluding hydrogens is 360 g/mol. The number of non-ortho nitro benzene ring substituents is 1. The molecule has 28 heavy (non-hydrogen) atoms. The summed E-state index contributed by atoms with van der Waals surface area (Å²) < 4.78 is 0. The second-order valence-corrected chi connectivity index (χ2v) is 6.21. The minimum Gasteiger partial charge on any atom is -0.362 e. The van der Waals surface area contributed by atoms with Crippen LogP contribution < -0.4 is 16.5 Å². The minimum absolute atomic E-state index is 0.00261. The van der Waals surface area contributed by atoms with Gasteiger partial charge in [-0.15, -0.1) is 0 Å². The SMILES string of the molecule is NC(NC(=C1CC1)c1ccc(C#Cc2cccc([N+](=O)[O-])c2)cc1)C(=O)NO. The van der Waals surface area contributed by atoms with Crippen molar-refractivity contribution in [3.63, 3.8) is 0 Å². The van der Waals surface area contributed by atoms with Crippen LogP contribution in [0, 0.1) is 22.0 Å². The molecule has 1 amide bonds. The van der Waals surface area contributed by atoms with Gasteiger partial charge in [-0.3, -0.25) is 20.1 Å². The van der Waals surface area contributed by atoms with E-state index in [2.05, 4.69) is 17.2 Å². The summed E-state index contributed by atoms with van der Waals surface area (Å²) in [6, 6.07) is 13.5. The molecule has 1 atom stereocenters. The zero-order valence-corrected chi connectivity index (χ0v) is 14.8. The molecule has 1 fully saturated rings. The van der Waals surface area contributed by atoms with Crippen LogP contribution in [0.25, 0.3) is 5.70 Å². The molecule has 1 aliphatic carbocycles. The summed E-state index contributed by atoms with van der Waals surface area (Å²) in [6.07, 6.45) is 0.773. The van der Waals surface area contributed by atoms with Crippen LogP contribution in [0.1, 0.15) is 29.5 Å². The Bertz CT molecular complexity index is 997. The van der Waals surface area contributed by atoms with Crippen molar-refractivity contribution in [2.45, 2.75) is 19.0 Å². The summed E-state index contributed by atoms with van der Waals surface area (Å²) in [5, 5.41) is 22.4. The topological polar surface area (TPSA) is 131 Å². The number of hydroxylamine groups is 1. The van der Waals surface area contributed by atoms with E-state index in [1.165, 1.54) is 17.6 Å². The predicted molar refractivity (Wildman–Crippen MR) is 103 cm³/mol. The summed E-state index contributed by atoms with van der Waals surface area (Å²) in [4.78, 5) is 21.8. The van der Waals surface area contributed by atoms with E-state index in [1.807, 2.05) is 24.3 Å². The molecule has 5 N–H and O–H groups in total. The van der Waals surface area contributed by atoms with E-state index < -0.39 is 17.0 Å². The highest BCUT2D eigenvalue weighted by Gasteiger charge is 2.22. The Morgan fingerprint density at radius 2 is 1.82 bits per heavy atom. The molecular formula is C20H18N4O4. The van der Waals surface area contributed by atoms with Gasteiger partial charge in [0.1, 0.15) is 0 Å². The Morgan fingerprint density at radius 1 is 1.14 bits per heavy atom. The van der Waals surface area contributed by atoms with Gasteiger partial charge >= 0.3 is 0 Å². The number of carbonyl (C=O) groups excluding carboxylic acids is 1. The van der Waals surface area contributed by atoms with Gasteiger partial charge in [0, 0.05) is 29.0 Å². The molecule has 1 unspecified atom stereocenters. The van der Waals surface area contributed by atoms with Crippen molar-refractivity contribution >= 4 is 17.3 Å². The van der Waals surface area contributed by atoms with Crippen molar-refractivity contribution in [3.8, 4) is 11.8 Å². The number of nitrogens with one attached hydrogen (secondary N) is 2. The molecule has 142 valence electrons.